The van der Waals surface area contributed by atoms with Crippen molar-refractivity contribution < 1.29 is 14.3 Å². The van der Waals surface area contributed by atoms with Crippen molar-refractivity contribution >= 4 is 29.3 Å². The number of anilines is 1. The monoisotopic (exact) mass is 368 g/mol. The zero-order chi connectivity index (χ0) is 18.1. The molecular formula is C20H20N2O3S. The first kappa shape index (κ1) is 17.0. The summed E-state index contributed by atoms with van der Waals surface area (Å²) in [6.07, 6.45) is 1.22. The molecule has 0 bridgehead atoms. The number of hydrogen-bond acceptors (Lipinski definition) is 4. The Labute approximate surface area is 156 Å². The van der Waals surface area contributed by atoms with Crippen molar-refractivity contribution in [1.82, 2.24) is 4.90 Å². The van der Waals surface area contributed by atoms with Crippen LogP contribution in [0.2, 0.25) is 0 Å². The first-order chi connectivity index (χ1) is 12.6. The maximum absolute atomic E-state index is 12.9. The highest BCUT2D eigenvalue weighted by Crippen LogP contribution is 2.54. The summed E-state index contributed by atoms with van der Waals surface area (Å²) in [6.45, 7) is 0. The Morgan fingerprint density at radius 1 is 1.19 bits per heavy atom. The number of rotatable bonds is 4. The number of carbonyl (C=O) groups excluding carboxylic acids is 2. The van der Waals surface area contributed by atoms with Crippen molar-refractivity contribution in [2.75, 3.05) is 18.2 Å². The molecule has 2 aliphatic heterocycles. The number of nitrogens with zero attached hydrogens (tertiary/aromatic N) is 1. The van der Waals surface area contributed by atoms with Crippen LogP contribution >= 0.6 is 11.8 Å². The van der Waals surface area contributed by atoms with Crippen LogP contribution in [0.15, 0.2) is 54.6 Å². The summed E-state index contributed by atoms with van der Waals surface area (Å²) >= 11 is 1.69. The van der Waals surface area contributed by atoms with E-state index in [-0.39, 0.29) is 11.8 Å². The summed E-state index contributed by atoms with van der Waals surface area (Å²) < 4.78 is 5.14. The fraction of sp³-hybridized carbons (Fsp3) is 0.300. The number of fused-ring (bicyclic) bond motifs is 1. The fourth-order valence-electron chi connectivity index (χ4n) is 3.74. The van der Waals surface area contributed by atoms with E-state index in [0.29, 0.717) is 17.9 Å². The van der Waals surface area contributed by atoms with Crippen LogP contribution < -0.4 is 10.1 Å². The van der Waals surface area contributed by atoms with Gasteiger partial charge in [0.25, 0.3) is 0 Å². The molecule has 0 saturated carbocycles. The van der Waals surface area contributed by atoms with E-state index in [1.807, 2.05) is 30.3 Å². The lowest BCUT2D eigenvalue weighted by atomic mass is 10.0. The second-order valence-corrected chi connectivity index (χ2v) is 7.76. The number of amides is 2. The molecule has 0 spiro atoms. The second-order valence-electron chi connectivity index (χ2n) is 6.46. The SMILES string of the molecule is COc1ccc(NC(=O)[C@@H]2CS[C@@]3(c4ccccc4)CCC(=O)N23)cc1. The molecule has 2 fully saturated rings. The van der Waals surface area contributed by atoms with Crippen LogP contribution in [0.4, 0.5) is 5.69 Å². The van der Waals surface area contributed by atoms with E-state index in [9.17, 15) is 9.59 Å². The Morgan fingerprint density at radius 3 is 2.62 bits per heavy atom. The topological polar surface area (TPSA) is 58.6 Å². The van der Waals surface area contributed by atoms with Gasteiger partial charge in [0.2, 0.25) is 11.8 Å². The summed E-state index contributed by atoms with van der Waals surface area (Å²) in [5.74, 6) is 1.24. The van der Waals surface area contributed by atoms with Crippen molar-refractivity contribution in [1.29, 1.82) is 0 Å². The molecular weight excluding hydrogens is 348 g/mol. The summed E-state index contributed by atoms with van der Waals surface area (Å²) in [4.78, 5) is 26.9. The summed E-state index contributed by atoms with van der Waals surface area (Å²) in [6, 6.07) is 16.8. The van der Waals surface area contributed by atoms with Gasteiger partial charge in [-0.05, 0) is 36.2 Å². The fourth-order valence-corrected chi connectivity index (χ4v) is 5.39. The lowest BCUT2D eigenvalue weighted by Crippen LogP contribution is -2.48. The highest BCUT2D eigenvalue weighted by Gasteiger charge is 2.56. The minimum absolute atomic E-state index is 0.0498. The molecule has 0 aliphatic carbocycles. The molecule has 2 amide bonds. The molecule has 2 heterocycles. The van der Waals surface area contributed by atoms with Crippen molar-refractivity contribution in [2.24, 2.45) is 0 Å². The lowest BCUT2D eigenvalue weighted by Gasteiger charge is -2.34. The maximum Gasteiger partial charge on any atom is 0.248 e. The van der Waals surface area contributed by atoms with Crippen LogP contribution in [0.5, 0.6) is 5.75 Å². The summed E-state index contributed by atoms with van der Waals surface area (Å²) in [5.41, 5.74) is 1.79. The van der Waals surface area contributed by atoms with Gasteiger partial charge in [-0.15, -0.1) is 11.8 Å². The third-order valence-corrected chi connectivity index (χ3v) is 6.61. The van der Waals surface area contributed by atoms with Crippen LogP contribution in [0, 0.1) is 0 Å². The Kier molecular flexibility index (Phi) is 4.36. The predicted octanol–water partition coefficient (Wildman–Crippen LogP) is 3.22. The van der Waals surface area contributed by atoms with Gasteiger partial charge in [0.05, 0.1) is 7.11 Å². The van der Waals surface area contributed by atoms with Crippen molar-refractivity contribution in [2.45, 2.75) is 23.8 Å². The molecule has 2 atom stereocenters. The predicted molar refractivity (Wildman–Crippen MR) is 102 cm³/mol. The van der Waals surface area contributed by atoms with E-state index in [0.717, 1.165) is 17.7 Å². The van der Waals surface area contributed by atoms with Gasteiger partial charge in [-0.3, -0.25) is 9.59 Å². The summed E-state index contributed by atoms with van der Waals surface area (Å²) in [5, 5.41) is 2.94. The standard InChI is InChI=1S/C20H20N2O3S/c1-25-16-9-7-15(8-10-16)21-19(24)17-13-26-20(12-11-18(23)22(17)20)14-5-3-2-4-6-14/h2-10,17H,11-13H2,1H3,(H,21,24)/t17-,20+/m0/s1. The van der Waals surface area contributed by atoms with E-state index in [1.54, 1.807) is 48.0 Å². The van der Waals surface area contributed by atoms with Gasteiger partial charge >= 0.3 is 0 Å². The van der Waals surface area contributed by atoms with Crippen molar-refractivity contribution in [3.8, 4) is 5.75 Å². The highest BCUT2D eigenvalue weighted by molar-refractivity contribution is 8.00. The average Bonchev–Trinajstić information content (AvgIpc) is 3.22. The quantitative estimate of drug-likeness (QED) is 0.900. The number of benzene rings is 2. The van der Waals surface area contributed by atoms with E-state index in [2.05, 4.69) is 5.32 Å². The van der Waals surface area contributed by atoms with Gasteiger partial charge in [-0.25, -0.2) is 0 Å². The second kappa shape index (κ2) is 6.68. The van der Waals surface area contributed by atoms with Crippen molar-refractivity contribution in [3.05, 3.63) is 60.2 Å². The van der Waals surface area contributed by atoms with Crippen LogP contribution in [0.3, 0.4) is 0 Å². The number of methoxy groups -OCH3 is 1. The molecule has 26 heavy (non-hydrogen) atoms. The van der Waals surface area contributed by atoms with E-state index in [1.165, 1.54) is 0 Å². The molecule has 0 aromatic heterocycles. The molecule has 2 aliphatic rings. The third kappa shape index (κ3) is 2.74. The smallest absolute Gasteiger partial charge is 0.248 e. The molecule has 6 heteroatoms. The molecule has 2 aromatic rings. The average molecular weight is 368 g/mol. The molecule has 1 N–H and O–H groups in total. The van der Waals surface area contributed by atoms with Gasteiger partial charge in [0, 0.05) is 17.9 Å². The largest absolute Gasteiger partial charge is 0.497 e. The first-order valence-electron chi connectivity index (χ1n) is 8.60. The number of carbonyl (C=O) groups is 2. The number of nitrogens with one attached hydrogen (secondary N) is 1. The zero-order valence-electron chi connectivity index (χ0n) is 14.5. The van der Waals surface area contributed by atoms with Crippen LogP contribution in [-0.4, -0.2) is 35.6 Å². The highest BCUT2D eigenvalue weighted by atomic mass is 32.2. The van der Waals surface area contributed by atoms with E-state index >= 15 is 0 Å². The Morgan fingerprint density at radius 2 is 1.92 bits per heavy atom. The van der Waals surface area contributed by atoms with Gasteiger partial charge < -0.3 is 15.0 Å². The number of hydrogen-bond donors (Lipinski definition) is 1. The van der Waals surface area contributed by atoms with Gasteiger partial charge in [-0.2, -0.15) is 0 Å². The Hall–Kier alpha value is -2.47. The molecule has 0 radical (unpaired) electrons. The molecule has 0 unspecified atom stereocenters. The number of thioether (sulfide) groups is 1. The van der Waals surface area contributed by atoms with Crippen LogP contribution in [0.1, 0.15) is 18.4 Å². The molecule has 2 aromatic carbocycles. The third-order valence-electron chi connectivity index (χ3n) is 5.01. The minimum atomic E-state index is -0.461. The normalized spacial score (nSPS) is 24.4. The maximum atomic E-state index is 12.9. The molecule has 5 nitrogen and oxygen atoms in total. The molecule has 2 saturated heterocycles. The minimum Gasteiger partial charge on any atom is -0.497 e. The Balaban J connectivity index is 1.57. The molecule has 134 valence electrons. The van der Waals surface area contributed by atoms with E-state index < -0.39 is 10.9 Å². The van der Waals surface area contributed by atoms with Gasteiger partial charge in [-0.1, -0.05) is 30.3 Å². The summed E-state index contributed by atoms with van der Waals surface area (Å²) in [7, 11) is 1.60. The Bertz CT molecular complexity index is 825. The molecule has 4 rings (SSSR count). The first-order valence-corrected chi connectivity index (χ1v) is 9.59. The lowest BCUT2D eigenvalue weighted by molar-refractivity contribution is -0.136. The van der Waals surface area contributed by atoms with Crippen LogP contribution in [0.25, 0.3) is 0 Å². The van der Waals surface area contributed by atoms with Gasteiger partial charge in [0.15, 0.2) is 0 Å². The van der Waals surface area contributed by atoms with Crippen molar-refractivity contribution in [3.63, 3.8) is 0 Å². The van der Waals surface area contributed by atoms with Gasteiger partial charge in [0.1, 0.15) is 16.7 Å². The number of ether oxygens (including phenoxy) is 1. The van der Waals surface area contributed by atoms with E-state index in [4.69, 9.17) is 4.74 Å². The van der Waals surface area contributed by atoms with Crippen LogP contribution in [-0.2, 0) is 14.5 Å². The zero-order valence-corrected chi connectivity index (χ0v) is 15.3.